The second-order valence-corrected chi connectivity index (χ2v) is 7.55. The highest BCUT2D eigenvalue weighted by atomic mass is 32.1. The van der Waals surface area contributed by atoms with E-state index in [-0.39, 0.29) is 11.9 Å². The van der Waals surface area contributed by atoms with E-state index in [0.29, 0.717) is 5.01 Å². The van der Waals surface area contributed by atoms with Crippen molar-refractivity contribution < 1.29 is 4.79 Å². The first-order valence-corrected chi connectivity index (χ1v) is 10.2. The van der Waals surface area contributed by atoms with E-state index in [2.05, 4.69) is 22.3 Å². The maximum Gasteiger partial charge on any atom is 0.283 e. The summed E-state index contributed by atoms with van der Waals surface area (Å²) in [4.78, 5) is 19.6. The van der Waals surface area contributed by atoms with Gasteiger partial charge in [0.2, 0.25) is 0 Å². The van der Waals surface area contributed by atoms with Crippen LogP contribution in [0.15, 0.2) is 48.1 Å². The summed E-state index contributed by atoms with van der Waals surface area (Å²) in [6.07, 6.45) is 5.70. The number of benzene rings is 1. The minimum Gasteiger partial charge on any atom is -0.332 e. The summed E-state index contributed by atoms with van der Waals surface area (Å²) in [6.45, 7) is 4.72. The smallest absolute Gasteiger partial charge is 0.283 e. The van der Waals surface area contributed by atoms with Crippen molar-refractivity contribution in [1.29, 1.82) is 0 Å². The molecule has 0 spiro atoms. The molecule has 0 bridgehead atoms. The van der Waals surface area contributed by atoms with E-state index in [4.69, 9.17) is 0 Å². The minimum atomic E-state index is 0.0391. The van der Waals surface area contributed by atoms with E-state index in [1.54, 1.807) is 6.20 Å². The monoisotopic (exact) mass is 381 g/mol. The molecule has 0 radical (unpaired) electrons. The Morgan fingerprint density at radius 2 is 2.22 bits per heavy atom. The molecule has 1 aliphatic heterocycles. The first-order valence-electron chi connectivity index (χ1n) is 9.34. The van der Waals surface area contributed by atoms with Gasteiger partial charge in [-0.3, -0.25) is 4.79 Å². The fourth-order valence-electron chi connectivity index (χ4n) is 3.40. The molecular weight excluding hydrogens is 358 g/mol. The van der Waals surface area contributed by atoms with Crippen molar-refractivity contribution in [2.24, 2.45) is 0 Å². The van der Waals surface area contributed by atoms with E-state index in [9.17, 15) is 4.79 Å². The van der Waals surface area contributed by atoms with Crippen molar-refractivity contribution in [2.75, 3.05) is 19.6 Å². The van der Waals surface area contributed by atoms with Gasteiger partial charge in [0.1, 0.15) is 0 Å². The Kier molecular flexibility index (Phi) is 5.31. The number of hydrogen-bond acceptors (Lipinski definition) is 5. The van der Waals surface area contributed by atoms with Crippen LogP contribution in [0.4, 0.5) is 0 Å². The fraction of sp³-hybridized carbons (Fsp3) is 0.350. The van der Waals surface area contributed by atoms with Crippen LogP contribution in [-0.2, 0) is 0 Å². The van der Waals surface area contributed by atoms with Gasteiger partial charge in [0.05, 0.1) is 17.6 Å². The van der Waals surface area contributed by atoms with Crippen LogP contribution in [0.25, 0.3) is 16.9 Å². The highest BCUT2D eigenvalue weighted by Crippen LogP contribution is 2.24. The second-order valence-electron chi connectivity index (χ2n) is 6.69. The molecule has 1 N–H and O–H groups in total. The van der Waals surface area contributed by atoms with E-state index in [1.165, 1.54) is 11.3 Å². The van der Waals surface area contributed by atoms with Crippen LogP contribution in [0, 0.1) is 0 Å². The number of nitrogens with zero attached hydrogens (tertiary/aromatic N) is 4. The van der Waals surface area contributed by atoms with Gasteiger partial charge in [-0.25, -0.2) is 9.67 Å². The van der Waals surface area contributed by atoms with Crippen LogP contribution < -0.4 is 5.32 Å². The summed E-state index contributed by atoms with van der Waals surface area (Å²) in [6, 6.07) is 10.2. The predicted octanol–water partition coefficient (Wildman–Crippen LogP) is 3.21. The Morgan fingerprint density at radius 3 is 2.96 bits per heavy atom. The molecule has 1 atom stereocenters. The van der Waals surface area contributed by atoms with Gasteiger partial charge in [-0.15, -0.1) is 11.3 Å². The summed E-state index contributed by atoms with van der Waals surface area (Å²) >= 11 is 1.41. The van der Waals surface area contributed by atoms with Gasteiger partial charge in [0.25, 0.3) is 5.91 Å². The van der Waals surface area contributed by atoms with E-state index in [0.717, 1.165) is 49.4 Å². The van der Waals surface area contributed by atoms with Crippen molar-refractivity contribution >= 4 is 17.2 Å². The Labute approximate surface area is 162 Å². The van der Waals surface area contributed by atoms with Gasteiger partial charge in [-0.05, 0) is 31.5 Å². The molecule has 7 heteroatoms. The molecule has 1 aromatic carbocycles. The molecule has 2 aromatic heterocycles. The SMILES string of the molecule is CCCN(C(=O)c1nc(-c2cnn(-c3ccccc3)c2)cs1)C1CCNC1. The average Bonchev–Trinajstić information content (AvgIpc) is 3.47. The van der Waals surface area contributed by atoms with Crippen LogP contribution >= 0.6 is 11.3 Å². The highest BCUT2D eigenvalue weighted by molar-refractivity contribution is 7.12. The zero-order valence-corrected chi connectivity index (χ0v) is 16.2. The Bertz CT molecular complexity index is 898. The zero-order valence-electron chi connectivity index (χ0n) is 15.3. The molecule has 1 fully saturated rings. The van der Waals surface area contributed by atoms with E-state index < -0.39 is 0 Å². The van der Waals surface area contributed by atoms with E-state index >= 15 is 0 Å². The predicted molar refractivity (Wildman–Crippen MR) is 107 cm³/mol. The third kappa shape index (κ3) is 3.79. The molecule has 140 valence electrons. The molecule has 4 rings (SSSR count). The maximum absolute atomic E-state index is 13.0. The molecule has 1 amide bonds. The third-order valence-electron chi connectivity index (χ3n) is 4.79. The molecule has 27 heavy (non-hydrogen) atoms. The van der Waals surface area contributed by atoms with Crippen LogP contribution in [0.5, 0.6) is 0 Å². The number of nitrogens with one attached hydrogen (secondary N) is 1. The molecule has 6 nitrogen and oxygen atoms in total. The normalized spacial score (nSPS) is 16.6. The summed E-state index contributed by atoms with van der Waals surface area (Å²) < 4.78 is 1.82. The summed E-state index contributed by atoms with van der Waals surface area (Å²) in [7, 11) is 0. The van der Waals surface area contributed by atoms with Gasteiger partial charge in [0.15, 0.2) is 5.01 Å². The van der Waals surface area contributed by atoms with Crippen molar-refractivity contribution in [2.45, 2.75) is 25.8 Å². The first-order chi connectivity index (χ1) is 13.3. The minimum absolute atomic E-state index is 0.0391. The lowest BCUT2D eigenvalue weighted by atomic mass is 10.2. The molecule has 3 heterocycles. The van der Waals surface area contributed by atoms with Crippen molar-refractivity contribution in [3.63, 3.8) is 0 Å². The van der Waals surface area contributed by atoms with Gasteiger partial charge in [0, 0.05) is 36.3 Å². The lowest BCUT2D eigenvalue weighted by Crippen LogP contribution is -2.42. The number of para-hydroxylation sites is 1. The molecule has 1 aliphatic rings. The number of aromatic nitrogens is 3. The Morgan fingerprint density at radius 1 is 1.37 bits per heavy atom. The first kappa shape index (κ1) is 17.9. The standard InChI is InChI=1S/C20H23N5OS/c1-2-10-24(17-8-9-21-12-17)20(26)19-23-18(14-27-19)15-11-22-25(13-15)16-6-4-3-5-7-16/h3-7,11,13-14,17,21H,2,8-10,12H2,1H3. The molecule has 0 aliphatic carbocycles. The number of amides is 1. The van der Waals surface area contributed by atoms with Gasteiger partial charge in [-0.1, -0.05) is 25.1 Å². The van der Waals surface area contributed by atoms with Gasteiger partial charge >= 0.3 is 0 Å². The molecule has 3 aromatic rings. The van der Waals surface area contributed by atoms with Gasteiger partial charge in [-0.2, -0.15) is 5.10 Å². The number of carbonyl (C=O) groups is 1. The van der Waals surface area contributed by atoms with Crippen LogP contribution in [0.3, 0.4) is 0 Å². The molecular formula is C20H23N5OS. The Hall–Kier alpha value is -2.51. The summed E-state index contributed by atoms with van der Waals surface area (Å²) in [5.74, 6) is 0.0391. The van der Waals surface area contributed by atoms with Gasteiger partial charge < -0.3 is 10.2 Å². The Balaban J connectivity index is 1.54. The van der Waals surface area contributed by atoms with Crippen LogP contribution in [0.1, 0.15) is 29.6 Å². The number of rotatable bonds is 6. The van der Waals surface area contributed by atoms with Crippen molar-refractivity contribution in [1.82, 2.24) is 25.0 Å². The third-order valence-corrected chi connectivity index (χ3v) is 5.62. The average molecular weight is 382 g/mol. The fourth-order valence-corrected chi connectivity index (χ4v) is 4.18. The second kappa shape index (κ2) is 8.02. The lowest BCUT2D eigenvalue weighted by molar-refractivity contribution is 0.0692. The zero-order chi connectivity index (χ0) is 18.6. The van der Waals surface area contributed by atoms with Crippen molar-refractivity contribution in [3.8, 4) is 16.9 Å². The maximum atomic E-state index is 13.0. The highest BCUT2D eigenvalue weighted by Gasteiger charge is 2.28. The van der Waals surface area contributed by atoms with Crippen LogP contribution in [0.2, 0.25) is 0 Å². The quantitative estimate of drug-likeness (QED) is 0.712. The number of hydrogen-bond donors (Lipinski definition) is 1. The summed E-state index contributed by atoms with van der Waals surface area (Å²) in [5.41, 5.74) is 2.71. The van der Waals surface area contributed by atoms with Crippen molar-refractivity contribution in [3.05, 3.63) is 53.1 Å². The molecule has 1 saturated heterocycles. The van der Waals surface area contributed by atoms with Crippen LogP contribution in [-0.4, -0.2) is 51.2 Å². The molecule has 1 unspecified atom stereocenters. The molecule has 0 saturated carbocycles. The van der Waals surface area contributed by atoms with E-state index in [1.807, 2.05) is 51.5 Å². The topological polar surface area (TPSA) is 63.1 Å². The summed E-state index contributed by atoms with van der Waals surface area (Å²) in [5, 5.41) is 10.3. The largest absolute Gasteiger partial charge is 0.332 e. The number of carbonyl (C=O) groups excluding carboxylic acids is 1. The lowest BCUT2D eigenvalue weighted by Gasteiger charge is -2.27. The number of thiazole rings is 1.